The van der Waals surface area contributed by atoms with Gasteiger partial charge >= 0.3 is 0 Å². The van der Waals surface area contributed by atoms with Gasteiger partial charge < -0.3 is 15.5 Å². The van der Waals surface area contributed by atoms with Gasteiger partial charge in [0.2, 0.25) is 0 Å². The molecule has 0 aliphatic carbocycles. The van der Waals surface area contributed by atoms with Crippen LogP contribution in [0.1, 0.15) is 24.4 Å². The van der Waals surface area contributed by atoms with Gasteiger partial charge in [-0.15, -0.1) is 10.2 Å². The lowest BCUT2D eigenvalue weighted by Gasteiger charge is -2.15. The van der Waals surface area contributed by atoms with Crippen LogP contribution in [0.25, 0.3) is 5.65 Å². The van der Waals surface area contributed by atoms with Crippen molar-refractivity contribution in [1.82, 2.24) is 19.9 Å². The Morgan fingerprint density at radius 2 is 2.05 bits per heavy atom. The van der Waals surface area contributed by atoms with Gasteiger partial charge in [0.15, 0.2) is 11.5 Å². The highest BCUT2D eigenvalue weighted by atomic mass is 16.3. The number of pyridine rings is 1. The van der Waals surface area contributed by atoms with E-state index in [0.29, 0.717) is 12.1 Å². The standard InChI is InChI=1S/C15H16N4O2/c1-10(12-8-11(20)5-6-13(12)21)16-9-15-18-17-14-4-2-3-7-19(14)15/h2-8,10,16,20-21H,9H2,1H3. The summed E-state index contributed by atoms with van der Waals surface area (Å²) in [6.45, 7) is 2.42. The normalized spacial score (nSPS) is 12.6. The molecule has 0 aliphatic heterocycles. The van der Waals surface area contributed by atoms with Crippen molar-refractivity contribution in [2.75, 3.05) is 0 Å². The maximum Gasteiger partial charge on any atom is 0.160 e. The van der Waals surface area contributed by atoms with Crippen LogP contribution in [-0.2, 0) is 6.54 Å². The molecule has 0 saturated carbocycles. The molecule has 0 aliphatic rings. The summed E-state index contributed by atoms with van der Waals surface area (Å²) in [5.41, 5.74) is 1.44. The lowest BCUT2D eigenvalue weighted by molar-refractivity contribution is 0.439. The predicted molar refractivity (Wildman–Crippen MR) is 78.0 cm³/mol. The van der Waals surface area contributed by atoms with Crippen molar-refractivity contribution in [2.45, 2.75) is 19.5 Å². The molecule has 3 rings (SSSR count). The van der Waals surface area contributed by atoms with Crippen LogP contribution in [-0.4, -0.2) is 24.8 Å². The highest BCUT2D eigenvalue weighted by Gasteiger charge is 2.12. The van der Waals surface area contributed by atoms with Crippen molar-refractivity contribution < 1.29 is 10.2 Å². The van der Waals surface area contributed by atoms with Crippen LogP contribution >= 0.6 is 0 Å². The molecule has 6 heteroatoms. The van der Waals surface area contributed by atoms with Crippen LogP contribution < -0.4 is 5.32 Å². The molecule has 0 amide bonds. The topological polar surface area (TPSA) is 82.7 Å². The molecular weight excluding hydrogens is 268 g/mol. The molecular formula is C15H16N4O2. The summed E-state index contributed by atoms with van der Waals surface area (Å²) in [7, 11) is 0. The predicted octanol–water partition coefficient (Wildman–Crippen LogP) is 1.99. The highest BCUT2D eigenvalue weighted by Crippen LogP contribution is 2.27. The molecule has 1 unspecified atom stereocenters. The quantitative estimate of drug-likeness (QED) is 0.638. The Hall–Kier alpha value is -2.60. The van der Waals surface area contributed by atoms with Crippen LogP contribution in [0.5, 0.6) is 11.5 Å². The zero-order valence-corrected chi connectivity index (χ0v) is 11.6. The third kappa shape index (κ3) is 2.66. The lowest BCUT2D eigenvalue weighted by atomic mass is 10.1. The lowest BCUT2D eigenvalue weighted by Crippen LogP contribution is -2.19. The fraction of sp³-hybridized carbons (Fsp3) is 0.200. The summed E-state index contributed by atoms with van der Waals surface area (Å²) >= 11 is 0. The summed E-state index contributed by atoms with van der Waals surface area (Å²) in [4.78, 5) is 0. The van der Waals surface area contributed by atoms with Crippen LogP contribution in [0.2, 0.25) is 0 Å². The molecule has 0 saturated heterocycles. The average Bonchev–Trinajstić information content (AvgIpc) is 2.90. The van der Waals surface area contributed by atoms with E-state index in [4.69, 9.17) is 0 Å². The Kier molecular flexibility index (Phi) is 3.45. The first-order valence-corrected chi connectivity index (χ1v) is 6.69. The van der Waals surface area contributed by atoms with E-state index in [1.165, 1.54) is 12.1 Å². The monoisotopic (exact) mass is 284 g/mol. The van der Waals surface area contributed by atoms with Crippen molar-refractivity contribution in [3.8, 4) is 11.5 Å². The zero-order valence-electron chi connectivity index (χ0n) is 11.6. The minimum atomic E-state index is -0.131. The van der Waals surface area contributed by atoms with E-state index in [9.17, 15) is 10.2 Å². The molecule has 2 aromatic heterocycles. The molecule has 1 aromatic carbocycles. The number of benzene rings is 1. The number of hydrogen-bond acceptors (Lipinski definition) is 5. The van der Waals surface area contributed by atoms with E-state index in [2.05, 4.69) is 15.5 Å². The van der Waals surface area contributed by atoms with Crippen LogP contribution in [0.3, 0.4) is 0 Å². The summed E-state index contributed by atoms with van der Waals surface area (Å²) < 4.78 is 1.90. The molecule has 21 heavy (non-hydrogen) atoms. The maximum absolute atomic E-state index is 9.85. The van der Waals surface area contributed by atoms with E-state index in [1.54, 1.807) is 6.07 Å². The Morgan fingerprint density at radius 3 is 2.90 bits per heavy atom. The third-order valence-corrected chi connectivity index (χ3v) is 3.43. The van der Waals surface area contributed by atoms with Gasteiger partial charge in [-0.2, -0.15) is 0 Å². The van der Waals surface area contributed by atoms with Gasteiger partial charge in [-0.1, -0.05) is 6.07 Å². The largest absolute Gasteiger partial charge is 0.508 e. The second-order valence-electron chi connectivity index (χ2n) is 4.89. The van der Waals surface area contributed by atoms with Gasteiger partial charge in [0, 0.05) is 17.8 Å². The molecule has 6 nitrogen and oxygen atoms in total. The second-order valence-corrected chi connectivity index (χ2v) is 4.89. The molecule has 2 heterocycles. The van der Waals surface area contributed by atoms with E-state index in [-0.39, 0.29) is 17.5 Å². The smallest absolute Gasteiger partial charge is 0.160 e. The van der Waals surface area contributed by atoms with Gasteiger partial charge in [-0.05, 0) is 37.3 Å². The Labute approximate surface area is 121 Å². The number of phenols is 2. The molecule has 0 spiro atoms. The first-order chi connectivity index (χ1) is 10.1. The van der Waals surface area contributed by atoms with Gasteiger partial charge in [0.25, 0.3) is 0 Å². The number of phenolic OH excluding ortho intramolecular Hbond substituents is 2. The number of aromatic hydroxyl groups is 2. The van der Waals surface area contributed by atoms with Crippen molar-refractivity contribution in [3.63, 3.8) is 0 Å². The van der Waals surface area contributed by atoms with E-state index in [1.807, 2.05) is 35.7 Å². The zero-order chi connectivity index (χ0) is 14.8. The first kappa shape index (κ1) is 13.4. The Morgan fingerprint density at radius 1 is 1.19 bits per heavy atom. The van der Waals surface area contributed by atoms with E-state index in [0.717, 1.165) is 11.5 Å². The Balaban J connectivity index is 1.76. The van der Waals surface area contributed by atoms with Crippen molar-refractivity contribution >= 4 is 5.65 Å². The number of rotatable bonds is 4. The van der Waals surface area contributed by atoms with Crippen molar-refractivity contribution in [1.29, 1.82) is 0 Å². The maximum atomic E-state index is 9.85. The minimum absolute atomic E-state index is 0.129. The van der Waals surface area contributed by atoms with Gasteiger partial charge in [0.05, 0.1) is 6.54 Å². The number of aromatic nitrogens is 3. The molecule has 0 bridgehead atoms. The average molecular weight is 284 g/mol. The number of fused-ring (bicyclic) bond motifs is 1. The molecule has 0 fully saturated rings. The van der Waals surface area contributed by atoms with Gasteiger partial charge in [0.1, 0.15) is 11.5 Å². The molecule has 3 N–H and O–H groups in total. The summed E-state index contributed by atoms with van der Waals surface area (Å²) in [6, 6.07) is 10.1. The second kappa shape index (κ2) is 5.41. The highest BCUT2D eigenvalue weighted by molar-refractivity contribution is 5.40. The van der Waals surface area contributed by atoms with Crippen molar-refractivity contribution in [2.24, 2.45) is 0 Å². The third-order valence-electron chi connectivity index (χ3n) is 3.43. The number of nitrogens with zero attached hydrogens (tertiary/aromatic N) is 3. The number of nitrogens with one attached hydrogen (secondary N) is 1. The summed E-state index contributed by atoms with van der Waals surface area (Å²) in [5, 5.41) is 30.9. The molecule has 0 radical (unpaired) electrons. The summed E-state index contributed by atoms with van der Waals surface area (Å²) in [5.74, 6) is 1.07. The van der Waals surface area contributed by atoms with E-state index >= 15 is 0 Å². The van der Waals surface area contributed by atoms with Crippen LogP contribution in [0.15, 0.2) is 42.6 Å². The Bertz CT molecular complexity index is 769. The minimum Gasteiger partial charge on any atom is -0.508 e. The molecule has 3 aromatic rings. The SMILES string of the molecule is CC(NCc1nnc2ccccn12)c1cc(O)ccc1O. The van der Waals surface area contributed by atoms with Gasteiger partial charge in [-0.3, -0.25) is 4.40 Å². The van der Waals surface area contributed by atoms with Crippen molar-refractivity contribution in [3.05, 3.63) is 54.0 Å². The van der Waals surface area contributed by atoms with Crippen LogP contribution in [0.4, 0.5) is 0 Å². The fourth-order valence-corrected chi connectivity index (χ4v) is 2.25. The fourth-order valence-electron chi connectivity index (χ4n) is 2.25. The van der Waals surface area contributed by atoms with Crippen LogP contribution in [0, 0.1) is 0 Å². The summed E-state index contributed by atoms with van der Waals surface area (Å²) in [6.07, 6.45) is 1.91. The number of hydrogen-bond donors (Lipinski definition) is 3. The van der Waals surface area contributed by atoms with Gasteiger partial charge in [-0.25, -0.2) is 0 Å². The van der Waals surface area contributed by atoms with E-state index < -0.39 is 0 Å². The first-order valence-electron chi connectivity index (χ1n) is 6.69. The molecule has 1 atom stereocenters. The molecule has 108 valence electrons.